The maximum absolute atomic E-state index is 12.5. The van der Waals surface area contributed by atoms with Crippen molar-refractivity contribution in [1.82, 2.24) is 0 Å². The lowest BCUT2D eigenvalue weighted by Crippen LogP contribution is -1.83. The maximum Gasteiger partial charge on any atom is 0.265 e. The monoisotopic (exact) mass is 234 g/mol. The molecule has 0 aliphatic heterocycles. The van der Waals surface area contributed by atoms with Crippen molar-refractivity contribution in [3.05, 3.63) is 28.1 Å². The summed E-state index contributed by atoms with van der Waals surface area (Å²) in [6.07, 6.45) is -2.55. The molecule has 0 fully saturated rings. The number of alkyl halides is 2. The van der Waals surface area contributed by atoms with Crippen molar-refractivity contribution in [2.24, 2.45) is 0 Å². The fourth-order valence-corrected chi connectivity index (χ4v) is 2.63. The van der Waals surface area contributed by atoms with Crippen LogP contribution in [0.3, 0.4) is 0 Å². The second-order valence-corrected chi connectivity index (χ2v) is 4.05. The maximum atomic E-state index is 12.5. The minimum atomic E-state index is -2.55. The number of fused-ring (bicyclic) bond motifs is 1. The van der Waals surface area contributed by atoms with Crippen LogP contribution in [0.5, 0.6) is 5.75 Å². The molecule has 0 bridgehead atoms. The topological polar surface area (TPSA) is 20.2 Å². The van der Waals surface area contributed by atoms with Crippen LogP contribution in [0.1, 0.15) is 12.0 Å². The summed E-state index contributed by atoms with van der Waals surface area (Å²) in [7, 11) is 0. The lowest BCUT2D eigenvalue weighted by Gasteiger charge is -2.02. The highest BCUT2D eigenvalue weighted by molar-refractivity contribution is 7.18. The van der Waals surface area contributed by atoms with E-state index in [9.17, 15) is 13.9 Å². The Bertz CT molecular complexity index is 481. The fourth-order valence-electron chi connectivity index (χ4n) is 1.29. The third-order valence-corrected chi connectivity index (χ3v) is 3.38. The Morgan fingerprint density at radius 2 is 2.07 bits per heavy atom. The van der Waals surface area contributed by atoms with Crippen LogP contribution in [-0.2, 0) is 0 Å². The van der Waals surface area contributed by atoms with E-state index in [0.717, 1.165) is 11.3 Å². The van der Waals surface area contributed by atoms with E-state index in [-0.39, 0.29) is 11.3 Å². The number of phenols is 1. The minimum absolute atomic E-state index is 0.0596. The van der Waals surface area contributed by atoms with Crippen LogP contribution in [0.2, 0.25) is 5.02 Å². The summed E-state index contributed by atoms with van der Waals surface area (Å²) in [5, 5.41) is 11.6. The van der Waals surface area contributed by atoms with Gasteiger partial charge in [0.1, 0.15) is 5.75 Å². The van der Waals surface area contributed by atoms with E-state index in [1.54, 1.807) is 0 Å². The SMILES string of the molecule is Oc1ccc(C(F)F)c2scc(Cl)c12. The van der Waals surface area contributed by atoms with Crippen LogP contribution in [0.4, 0.5) is 8.78 Å². The van der Waals surface area contributed by atoms with Crippen molar-refractivity contribution in [2.75, 3.05) is 0 Å². The summed E-state index contributed by atoms with van der Waals surface area (Å²) in [6, 6.07) is 2.46. The number of phenolic OH excluding ortho intramolecular Hbond substituents is 1. The van der Waals surface area contributed by atoms with Gasteiger partial charge >= 0.3 is 0 Å². The summed E-state index contributed by atoms with van der Waals surface area (Å²) < 4.78 is 25.4. The highest BCUT2D eigenvalue weighted by atomic mass is 35.5. The Morgan fingerprint density at radius 3 is 2.71 bits per heavy atom. The number of benzene rings is 1. The molecular formula is C9H5ClF2OS. The van der Waals surface area contributed by atoms with Gasteiger partial charge in [0.15, 0.2) is 0 Å². The van der Waals surface area contributed by atoms with Gasteiger partial charge in [0.05, 0.1) is 10.4 Å². The second-order valence-electron chi connectivity index (χ2n) is 2.76. The van der Waals surface area contributed by atoms with Gasteiger partial charge < -0.3 is 5.11 Å². The summed E-state index contributed by atoms with van der Waals surface area (Å²) in [6.45, 7) is 0. The van der Waals surface area contributed by atoms with E-state index < -0.39 is 6.43 Å². The lowest BCUT2D eigenvalue weighted by molar-refractivity contribution is 0.153. The first-order valence-electron chi connectivity index (χ1n) is 3.78. The van der Waals surface area contributed by atoms with Crippen molar-refractivity contribution in [3.63, 3.8) is 0 Å². The molecule has 0 amide bonds. The predicted octanol–water partition coefficient (Wildman–Crippen LogP) is 4.20. The van der Waals surface area contributed by atoms with E-state index in [1.165, 1.54) is 17.5 Å². The Kier molecular flexibility index (Phi) is 2.33. The van der Waals surface area contributed by atoms with Crippen LogP contribution >= 0.6 is 22.9 Å². The van der Waals surface area contributed by atoms with Crippen LogP contribution in [0.15, 0.2) is 17.5 Å². The van der Waals surface area contributed by atoms with E-state index in [2.05, 4.69) is 0 Å². The van der Waals surface area contributed by atoms with Gasteiger partial charge in [-0.25, -0.2) is 8.78 Å². The standard InChI is InChI=1S/C9H5ClF2OS/c10-5-3-14-8-4(9(11)12)1-2-6(13)7(5)8/h1-3,9,13H. The van der Waals surface area contributed by atoms with Gasteiger partial charge in [-0.2, -0.15) is 0 Å². The molecule has 0 saturated carbocycles. The largest absolute Gasteiger partial charge is 0.507 e. The molecule has 0 radical (unpaired) electrons. The van der Waals surface area contributed by atoms with Crippen molar-refractivity contribution >= 4 is 33.0 Å². The van der Waals surface area contributed by atoms with Crippen molar-refractivity contribution < 1.29 is 13.9 Å². The molecule has 0 unspecified atom stereocenters. The van der Waals surface area contributed by atoms with Gasteiger partial charge in [-0.1, -0.05) is 11.6 Å². The molecule has 0 saturated heterocycles. The van der Waals surface area contributed by atoms with Crippen molar-refractivity contribution in [1.29, 1.82) is 0 Å². The molecule has 14 heavy (non-hydrogen) atoms. The zero-order valence-corrected chi connectivity index (χ0v) is 8.37. The van der Waals surface area contributed by atoms with E-state index in [1.807, 2.05) is 0 Å². The molecule has 1 aromatic carbocycles. The molecule has 2 rings (SSSR count). The molecule has 1 aromatic heterocycles. The Labute approximate surface area is 87.5 Å². The van der Waals surface area contributed by atoms with Gasteiger partial charge in [0.25, 0.3) is 6.43 Å². The van der Waals surface area contributed by atoms with Gasteiger partial charge in [-0.05, 0) is 12.1 Å². The molecule has 1 N–H and O–H groups in total. The molecule has 1 heterocycles. The van der Waals surface area contributed by atoms with Crippen LogP contribution in [-0.4, -0.2) is 5.11 Å². The Balaban J connectivity index is 2.83. The molecule has 5 heteroatoms. The quantitative estimate of drug-likeness (QED) is 0.784. The van der Waals surface area contributed by atoms with E-state index in [4.69, 9.17) is 11.6 Å². The van der Waals surface area contributed by atoms with Crippen LogP contribution < -0.4 is 0 Å². The molecule has 0 aliphatic carbocycles. The van der Waals surface area contributed by atoms with Gasteiger partial charge in [-0.15, -0.1) is 11.3 Å². The van der Waals surface area contributed by atoms with E-state index >= 15 is 0 Å². The number of hydrogen-bond donors (Lipinski definition) is 1. The number of thiophene rings is 1. The number of hydrogen-bond acceptors (Lipinski definition) is 2. The first-order valence-corrected chi connectivity index (χ1v) is 5.03. The third kappa shape index (κ3) is 1.35. The molecule has 0 aliphatic rings. The Hall–Kier alpha value is -0.870. The smallest absolute Gasteiger partial charge is 0.265 e. The molecule has 2 aromatic rings. The second kappa shape index (κ2) is 3.37. The summed E-state index contributed by atoms with van der Waals surface area (Å²) in [5.41, 5.74) is -0.0882. The molecule has 74 valence electrons. The summed E-state index contributed by atoms with van der Waals surface area (Å²) in [5.74, 6) is -0.0596. The highest BCUT2D eigenvalue weighted by Gasteiger charge is 2.16. The average molecular weight is 235 g/mol. The lowest BCUT2D eigenvalue weighted by atomic mass is 10.1. The fraction of sp³-hybridized carbons (Fsp3) is 0.111. The zero-order valence-electron chi connectivity index (χ0n) is 6.80. The third-order valence-electron chi connectivity index (χ3n) is 1.92. The van der Waals surface area contributed by atoms with Gasteiger partial charge in [0.2, 0.25) is 0 Å². The van der Waals surface area contributed by atoms with Crippen LogP contribution in [0.25, 0.3) is 10.1 Å². The number of aromatic hydroxyl groups is 1. The first-order chi connectivity index (χ1) is 6.61. The normalized spacial score (nSPS) is 11.4. The zero-order chi connectivity index (χ0) is 10.3. The van der Waals surface area contributed by atoms with Crippen LogP contribution in [0, 0.1) is 0 Å². The van der Waals surface area contributed by atoms with E-state index in [0.29, 0.717) is 15.1 Å². The average Bonchev–Trinajstić information content (AvgIpc) is 2.49. The van der Waals surface area contributed by atoms with Crippen molar-refractivity contribution in [3.8, 4) is 5.75 Å². The predicted molar refractivity (Wildman–Crippen MR) is 53.5 cm³/mol. The summed E-state index contributed by atoms with van der Waals surface area (Å²) in [4.78, 5) is 0. The Morgan fingerprint density at radius 1 is 1.36 bits per heavy atom. The molecule has 1 nitrogen and oxygen atoms in total. The highest BCUT2D eigenvalue weighted by Crippen LogP contribution is 2.41. The molecule has 0 atom stereocenters. The minimum Gasteiger partial charge on any atom is -0.507 e. The van der Waals surface area contributed by atoms with Gasteiger partial charge in [-0.3, -0.25) is 0 Å². The molecule has 0 spiro atoms. The number of halogens is 3. The molecular weight excluding hydrogens is 230 g/mol. The summed E-state index contributed by atoms with van der Waals surface area (Å²) >= 11 is 6.87. The van der Waals surface area contributed by atoms with Crippen molar-refractivity contribution in [2.45, 2.75) is 6.43 Å². The van der Waals surface area contributed by atoms with Gasteiger partial charge in [0, 0.05) is 15.6 Å². The first kappa shape index (κ1) is 9.68. The number of rotatable bonds is 1.